The minimum absolute atomic E-state index is 0.0593. The van der Waals surface area contributed by atoms with Crippen LogP contribution in [0.25, 0.3) is 133 Å². The molecule has 0 spiro atoms. The summed E-state index contributed by atoms with van der Waals surface area (Å²) in [6.45, 7) is 29.2. The van der Waals surface area contributed by atoms with E-state index in [4.69, 9.17) is 9.97 Å². The zero-order chi connectivity index (χ0) is 70.6. The minimum Gasteiger partial charge on any atom is -0.310 e. The van der Waals surface area contributed by atoms with Crippen molar-refractivity contribution >= 4 is 66.7 Å². The zero-order valence-electron chi connectivity index (χ0n) is 62.5. The maximum Gasteiger partial charge on any atom is 0.252 e. The van der Waals surface area contributed by atoms with Gasteiger partial charge in [-0.15, -0.1) is 0 Å². The van der Waals surface area contributed by atoms with Crippen LogP contribution in [-0.4, -0.2) is 25.8 Å². The Morgan fingerprint density at radius 3 is 0.981 bits per heavy atom. The molecule has 103 heavy (non-hydrogen) atoms. The Labute approximate surface area is 610 Å². The van der Waals surface area contributed by atoms with Crippen LogP contribution in [0.2, 0.25) is 0 Å². The summed E-state index contributed by atoms with van der Waals surface area (Å²) in [5, 5.41) is 5.77. The highest BCUT2D eigenvalue weighted by atomic mass is 15.0. The summed E-state index contributed by atoms with van der Waals surface area (Å²) in [6, 6.07) is 86.0. The molecule has 0 unspecified atom stereocenters. The molecule has 2 aliphatic heterocycles. The fraction of sp³-hybridized carbons (Fsp3) is 0.286. The molecule has 4 nitrogen and oxygen atoms in total. The highest BCUT2D eigenvalue weighted by molar-refractivity contribution is 7.00. The van der Waals surface area contributed by atoms with Gasteiger partial charge in [0.15, 0.2) is 5.82 Å². The van der Waals surface area contributed by atoms with Gasteiger partial charge < -0.3 is 9.13 Å². The fourth-order valence-corrected chi connectivity index (χ4v) is 18.7. The Morgan fingerprint density at radius 2 is 0.650 bits per heavy atom. The first-order chi connectivity index (χ1) is 49.6. The number of nitrogens with zero attached hydrogens (tertiary/aromatic N) is 4. The van der Waals surface area contributed by atoms with Crippen LogP contribution in [0.15, 0.2) is 224 Å². The number of fused-ring (bicyclic) bond motifs is 10. The molecule has 18 rings (SSSR count). The molecule has 510 valence electrons. The molecule has 2 fully saturated rings. The number of rotatable bonds is 9. The summed E-state index contributed by atoms with van der Waals surface area (Å²) in [5.74, 6) is 1.65. The third kappa shape index (κ3) is 11.1. The van der Waals surface area contributed by atoms with Crippen molar-refractivity contribution in [3.05, 3.63) is 258 Å². The molecular weight excluding hydrogens is 1240 g/mol. The van der Waals surface area contributed by atoms with Gasteiger partial charge in [-0.05, 0) is 220 Å². The summed E-state index contributed by atoms with van der Waals surface area (Å²) in [4.78, 5) is 12.2. The van der Waals surface area contributed by atoms with E-state index in [1.165, 1.54) is 169 Å². The lowest BCUT2D eigenvalue weighted by molar-refractivity contribution is 0.445. The van der Waals surface area contributed by atoms with Crippen LogP contribution < -0.4 is 16.4 Å². The molecule has 0 atom stereocenters. The SMILES string of the molecule is CC(C)(C)c1cc(C(C)(C)C)c2c3c(C4CCCCC4)ccc4c3n(c2c1)-c1cc(-c2nc(-c3cc(-c5ccccc5)cc(-c5ccccc5)c3)cc(-c3cc(-c5ccccc5)cc(-c5ccccc5)c3)n2)cc2c1B4c1ccc(C3CCCCC3)c3c4c(C(C)(C)C)cc(C(C)(C)C)cc4n-2c13. The van der Waals surface area contributed by atoms with E-state index in [0.717, 1.165) is 72.6 Å². The van der Waals surface area contributed by atoms with Crippen LogP contribution in [0.4, 0.5) is 0 Å². The van der Waals surface area contributed by atoms with Gasteiger partial charge in [-0.1, -0.05) is 279 Å². The van der Waals surface area contributed by atoms with Gasteiger partial charge in [0.1, 0.15) is 0 Å². The average Bonchev–Trinajstić information content (AvgIpc) is 1.53. The van der Waals surface area contributed by atoms with Crippen LogP contribution in [-0.2, 0) is 21.7 Å². The molecule has 11 aromatic carbocycles. The maximum absolute atomic E-state index is 6.08. The highest BCUT2D eigenvalue weighted by Gasteiger charge is 2.45. The van der Waals surface area contributed by atoms with E-state index in [0.29, 0.717) is 17.7 Å². The van der Waals surface area contributed by atoms with E-state index in [1.54, 1.807) is 0 Å². The second-order valence-electron chi connectivity index (χ2n) is 35.0. The van der Waals surface area contributed by atoms with E-state index in [9.17, 15) is 0 Å². The molecule has 0 N–H and O–H groups in total. The van der Waals surface area contributed by atoms with Crippen molar-refractivity contribution < 1.29 is 0 Å². The van der Waals surface area contributed by atoms with E-state index < -0.39 is 0 Å². The summed E-state index contributed by atoms with van der Waals surface area (Å²) >= 11 is 0. The van der Waals surface area contributed by atoms with Crippen molar-refractivity contribution in [2.75, 3.05) is 0 Å². The Morgan fingerprint density at radius 1 is 0.311 bits per heavy atom. The van der Waals surface area contributed by atoms with Gasteiger partial charge in [-0.2, -0.15) is 0 Å². The van der Waals surface area contributed by atoms with Crippen molar-refractivity contribution in [1.29, 1.82) is 0 Å². The first kappa shape index (κ1) is 65.2. The topological polar surface area (TPSA) is 35.6 Å². The molecule has 3 aromatic heterocycles. The lowest BCUT2D eigenvalue weighted by atomic mass is 9.34. The monoisotopic (exact) mass is 1340 g/mol. The Kier molecular flexibility index (Phi) is 15.4. The van der Waals surface area contributed by atoms with Gasteiger partial charge in [0, 0.05) is 60.6 Å². The molecule has 2 aliphatic carbocycles. The van der Waals surface area contributed by atoms with Crippen LogP contribution in [0.1, 0.15) is 193 Å². The third-order valence-corrected chi connectivity index (χ3v) is 24.0. The third-order valence-electron chi connectivity index (χ3n) is 24.0. The quantitative estimate of drug-likeness (QED) is 0.135. The van der Waals surface area contributed by atoms with Crippen molar-refractivity contribution in [2.24, 2.45) is 0 Å². The van der Waals surface area contributed by atoms with E-state index in [2.05, 4.69) is 317 Å². The van der Waals surface area contributed by atoms with Crippen molar-refractivity contribution in [3.63, 3.8) is 0 Å². The van der Waals surface area contributed by atoms with E-state index in [-0.39, 0.29) is 28.4 Å². The Hall–Kier alpha value is -9.84. The predicted molar refractivity (Wildman–Crippen MR) is 440 cm³/mol. The molecule has 0 amide bonds. The Balaban J connectivity index is 1.02. The predicted octanol–water partition coefficient (Wildman–Crippen LogP) is 24.8. The van der Waals surface area contributed by atoms with Crippen molar-refractivity contribution in [3.8, 4) is 89.8 Å². The standard InChI is InChI=1S/C98H95BN4/c1-95(2,3)73-55-77(97(7,8)9)89-83(57-73)102-85-53-72(94-100-81(70-49-66(60-31-19-13-20-32-60)47-67(50-70)61-33-21-14-22-34-61)59-82(101-94)71-51-68(62-35-23-15-24-36-62)48-69(52-71)63-37-25-16-26-38-63)54-86-91(85)99(79-45-43-75(87(89)92(79)102)64-39-27-17-28-40-64)80-46-44-76(65-41-29-18-30-42-65)88-90-78(98(10,11)12)56-74(96(4,5)6)58-84(90)103(86)93(80)88/h13-16,19-26,31-38,43-59,64-65H,17-18,27-30,39-42H2,1-12H3. The average molecular weight is 1340 g/mol. The van der Waals surface area contributed by atoms with Gasteiger partial charge in [0.2, 0.25) is 0 Å². The maximum atomic E-state index is 6.08. The van der Waals surface area contributed by atoms with Gasteiger partial charge in [-0.25, -0.2) is 9.97 Å². The zero-order valence-corrected chi connectivity index (χ0v) is 62.5. The Bertz CT molecular complexity index is 5250. The second-order valence-corrected chi connectivity index (χ2v) is 35.0. The number of hydrogen-bond donors (Lipinski definition) is 0. The van der Waals surface area contributed by atoms with Crippen molar-refractivity contribution in [2.45, 2.75) is 181 Å². The summed E-state index contributed by atoms with van der Waals surface area (Å²) in [6.07, 6.45) is 12.6. The molecule has 0 radical (unpaired) electrons. The number of benzene rings is 11. The van der Waals surface area contributed by atoms with E-state index in [1.807, 2.05) is 0 Å². The van der Waals surface area contributed by atoms with Crippen LogP contribution >= 0.6 is 0 Å². The van der Waals surface area contributed by atoms with Gasteiger partial charge >= 0.3 is 0 Å². The van der Waals surface area contributed by atoms with Crippen molar-refractivity contribution in [1.82, 2.24) is 19.1 Å². The van der Waals surface area contributed by atoms with Gasteiger partial charge in [0.05, 0.1) is 22.4 Å². The van der Waals surface area contributed by atoms with Crippen LogP contribution in [0, 0.1) is 0 Å². The lowest BCUT2D eigenvalue weighted by Gasteiger charge is -2.35. The molecule has 2 saturated carbocycles. The lowest BCUT2D eigenvalue weighted by Crippen LogP contribution is -2.59. The molecule has 0 bridgehead atoms. The number of aromatic nitrogens is 4. The normalized spacial score (nSPS) is 15.1. The molecule has 0 saturated heterocycles. The molecule has 5 heterocycles. The largest absolute Gasteiger partial charge is 0.310 e. The van der Waals surface area contributed by atoms with Crippen LogP contribution in [0.5, 0.6) is 0 Å². The summed E-state index contributed by atoms with van der Waals surface area (Å²) in [7, 11) is 0. The summed E-state index contributed by atoms with van der Waals surface area (Å²) in [5.41, 5.74) is 34.0. The van der Waals surface area contributed by atoms with Gasteiger partial charge in [-0.3, -0.25) is 0 Å². The molecule has 14 aromatic rings. The van der Waals surface area contributed by atoms with E-state index >= 15 is 0 Å². The van der Waals surface area contributed by atoms with Gasteiger partial charge in [0.25, 0.3) is 6.71 Å². The fourth-order valence-electron chi connectivity index (χ4n) is 18.7. The summed E-state index contributed by atoms with van der Waals surface area (Å²) < 4.78 is 5.60. The molecule has 5 heteroatoms. The molecular formula is C98H95BN4. The first-order valence-electron chi connectivity index (χ1n) is 38.5. The smallest absolute Gasteiger partial charge is 0.252 e. The number of hydrogen-bond acceptors (Lipinski definition) is 2. The first-order valence-corrected chi connectivity index (χ1v) is 38.5. The minimum atomic E-state index is -0.162. The van der Waals surface area contributed by atoms with Crippen LogP contribution in [0.3, 0.4) is 0 Å². The molecule has 4 aliphatic rings. The highest BCUT2D eigenvalue weighted by Crippen LogP contribution is 2.52. The second kappa shape index (κ2) is 24.4.